The summed E-state index contributed by atoms with van der Waals surface area (Å²) in [7, 11) is 0. The van der Waals surface area contributed by atoms with Crippen molar-refractivity contribution in [2.45, 2.75) is 13.5 Å². The summed E-state index contributed by atoms with van der Waals surface area (Å²) in [6, 6.07) is 9.96. The van der Waals surface area contributed by atoms with Gasteiger partial charge in [0.2, 0.25) is 0 Å². The van der Waals surface area contributed by atoms with Gasteiger partial charge in [-0.05, 0) is 19.1 Å². The molecule has 0 atom stereocenters. The van der Waals surface area contributed by atoms with Gasteiger partial charge < -0.3 is 9.84 Å². The van der Waals surface area contributed by atoms with Gasteiger partial charge in [0.1, 0.15) is 6.61 Å². The molecule has 1 N–H and O–H groups in total. The topological polar surface area (TPSA) is 60.2 Å². The van der Waals surface area contributed by atoms with Crippen molar-refractivity contribution in [1.82, 2.24) is 14.8 Å². The fraction of sp³-hybridized carbons (Fsp3) is 0.273. The zero-order valence-electron chi connectivity index (χ0n) is 9.00. The molecule has 0 aliphatic carbocycles. The van der Waals surface area contributed by atoms with Gasteiger partial charge in [0.05, 0.1) is 12.3 Å². The molecule has 0 saturated carbocycles. The normalized spacial score (nSPS) is 10.4. The van der Waals surface area contributed by atoms with Gasteiger partial charge in [-0.25, -0.2) is 4.57 Å². The zero-order chi connectivity index (χ0) is 11.4. The van der Waals surface area contributed by atoms with Crippen molar-refractivity contribution in [3.63, 3.8) is 0 Å². The van der Waals surface area contributed by atoms with Gasteiger partial charge in [-0.15, -0.1) is 5.10 Å². The molecule has 2 aromatic rings. The second-order valence-electron chi connectivity index (χ2n) is 3.16. The number of para-hydroxylation sites is 1. The van der Waals surface area contributed by atoms with Crippen LogP contribution in [0.2, 0.25) is 0 Å². The first-order chi connectivity index (χ1) is 7.86. The van der Waals surface area contributed by atoms with Gasteiger partial charge in [0, 0.05) is 0 Å². The lowest BCUT2D eigenvalue weighted by Crippen LogP contribution is -2.05. The smallest absolute Gasteiger partial charge is 0.321 e. The van der Waals surface area contributed by atoms with Crippen LogP contribution in [0.15, 0.2) is 30.3 Å². The molecule has 16 heavy (non-hydrogen) atoms. The summed E-state index contributed by atoms with van der Waals surface area (Å²) >= 11 is 0. The molecule has 0 radical (unpaired) electrons. The third-order valence-corrected chi connectivity index (χ3v) is 2.13. The first-order valence-corrected chi connectivity index (χ1v) is 5.10. The van der Waals surface area contributed by atoms with E-state index < -0.39 is 0 Å². The molecule has 0 saturated heterocycles. The van der Waals surface area contributed by atoms with Gasteiger partial charge in [0.25, 0.3) is 0 Å². The Balaban J connectivity index is 2.48. The molecule has 84 valence electrons. The molecule has 0 unspecified atom stereocenters. The number of aliphatic hydroxyl groups is 1. The number of hydrogen-bond acceptors (Lipinski definition) is 4. The van der Waals surface area contributed by atoms with E-state index in [1.54, 1.807) is 4.57 Å². The largest absolute Gasteiger partial charge is 0.464 e. The van der Waals surface area contributed by atoms with E-state index in [1.807, 2.05) is 37.3 Å². The van der Waals surface area contributed by atoms with E-state index in [9.17, 15) is 5.11 Å². The summed E-state index contributed by atoms with van der Waals surface area (Å²) in [5.41, 5.74) is 0.875. The summed E-state index contributed by atoms with van der Waals surface area (Å²) in [4.78, 5) is 0. The molecule has 0 bridgehead atoms. The molecule has 1 aromatic carbocycles. The Morgan fingerprint density at radius 3 is 2.62 bits per heavy atom. The van der Waals surface area contributed by atoms with E-state index >= 15 is 0 Å². The number of aliphatic hydroxyl groups excluding tert-OH is 1. The molecular formula is C11H13N3O2. The Hall–Kier alpha value is -1.88. The molecule has 0 spiro atoms. The minimum absolute atomic E-state index is 0.172. The van der Waals surface area contributed by atoms with E-state index in [-0.39, 0.29) is 6.61 Å². The molecule has 0 aliphatic heterocycles. The fourth-order valence-electron chi connectivity index (χ4n) is 1.46. The van der Waals surface area contributed by atoms with Gasteiger partial charge in [-0.3, -0.25) is 0 Å². The van der Waals surface area contributed by atoms with Crippen molar-refractivity contribution in [3.05, 3.63) is 36.2 Å². The van der Waals surface area contributed by atoms with Crippen molar-refractivity contribution in [2.75, 3.05) is 6.61 Å². The van der Waals surface area contributed by atoms with Crippen molar-refractivity contribution < 1.29 is 9.84 Å². The van der Waals surface area contributed by atoms with E-state index in [2.05, 4.69) is 10.2 Å². The highest BCUT2D eigenvalue weighted by molar-refractivity contribution is 5.35. The highest BCUT2D eigenvalue weighted by Crippen LogP contribution is 2.18. The van der Waals surface area contributed by atoms with Gasteiger partial charge in [-0.2, -0.15) is 0 Å². The highest BCUT2D eigenvalue weighted by atomic mass is 16.5. The number of benzene rings is 1. The molecular weight excluding hydrogens is 206 g/mol. The third kappa shape index (κ3) is 1.90. The van der Waals surface area contributed by atoms with Crippen LogP contribution in [0.5, 0.6) is 6.01 Å². The second-order valence-corrected chi connectivity index (χ2v) is 3.16. The fourth-order valence-corrected chi connectivity index (χ4v) is 1.46. The number of hydrogen-bond donors (Lipinski definition) is 1. The van der Waals surface area contributed by atoms with Crippen LogP contribution in [-0.4, -0.2) is 26.5 Å². The first kappa shape index (κ1) is 10.6. The molecule has 0 amide bonds. The minimum Gasteiger partial charge on any atom is -0.464 e. The first-order valence-electron chi connectivity index (χ1n) is 5.10. The average molecular weight is 219 g/mol. The summed E-state index contributed by atoms with van der Waals surface area (Å²) in [5.74, 6) is 0.467. The predicted octanol–water partition coefficient (Wildman–Crippen LogP) is 1.16. The Morgan fingerprint density at radius 2 is 2.00 bits per heavy atom. The Bertz CT molecular complexity index is 454. The van der Waals surface area contributed by atoms with Crippen LogP contribution in [0.25, 0.3) is 5.69 Å². The Morgan fingerprint density at radius 1 is 1.25 bits per heavy atom. The van der Waals surface area contributed by atoms with Crippen LogP contribution in [0.1, 0.15) is 12.7 Å². The number of rotatable bonds is 4. The maximum atomic E-state index is 9.18. The van der Waals surface area contributed by atoms with Crippen LogP contribution in [0.3, 0.4) is 0 Å². The Labute approximate surface area is 93.3 Å². The minimum atomic E-state index is -0.172. The van der Waals surface area contributed by atoms with Crippen LogP contribution >= 0.6 is 0 Å². The molecule has 2 rings (SSSR count). The SMILES string of the molecule is CCOc1nnc(CO)n1-c1ccccc1. The number of aromatic nitrogens is 3. The van der Waals surface area contributed by atoms with E-state index in [0.29, 0.717) is 18.4 Å². The van der Waals surface area contributed by atoms with Crippen molar-refractivity contribution in [3.8, 4) is 11.7 Å². The lowest BCUT2D eigenvalue weighted by molar-refractivity contribution is 0.264. The van der Waals surface area contributed by atoms with Crippen LogP contribution in [-0.2, 0) is 6.61 Å². The second kappa shape index (κ2) is 4.76. The van der Waals surface area contributed by atoms with E-state index in [0.717, 1.165) is 5.69 Å². The molecule has 0 fully saturated rings. The average Bonchev–Trinajstić information content (AvgIpc) is 2.74. The van der Waals surface area contributed by atoms with Crippen molar-refractivity contribution in [2.24, 2.45) is 0 Å². The van der Waals surface area contributed by atoms with E-state index in [4.69, 9.17) is 4.74 Å². The van der Waals surface area contributed by atoms with Crippen molar-refractivity contribution in [1.29, 1.82) is 0 Å². The summed E-state index contributed by atoms with van der Waals surface area (Å²) in [6.45, 7) is 2.22. The van der Waals surface area contributed by atoms with Crippen LogP contribution in [0.4, 0.5) is 0 Å². The Kier molecular flexibility index (Phi) is 3.16. The molecule has 5 nitrogen and oxygen atoms in total. The van der Waals surface area contributed by atoms with Gasteiger partial charge in [-0.1, -0.05) is 23.3 Å². The standard InChI is InChI=1S/C11H13N3O2/c1-2-16-11-13-12-10(8-15)14(11)9-6-4-3-5-7-9/h3-7,15H,2,8H2,1H3. The summed E-state index contributed by atoms with van der Waals surface area (Å²) < 4.78 is 7.05. The lowest BCUT2D eigenvalue weighted by Gasteiger charge is -2.08. The number of nitrogens with zero attached hydrogens (tertiary/aromatic N) is 3. The van der Waals surface area contributed by atoms with E-state index in [1.165, 1.54) is 0 Å². The monoisotopic (exact) mass is 219 g/mol. The zero-order valence-corrected chi connectivity index (χ0v) is 9.00. The summed E-state index contributed by atoms with van der Waals surface area (Å²) in [5, 5.41) is 16.9. The quantitative estimate of drug-likeness (QED) is 0.838. The van der Waals surface area contributed by atoms with Gasteiger partial charge in [0.15, 0.2) is 5.82 Å². The van der Waals surface area contributed by atoms with Crippen molar-refractivity contribution >= 4 is 0 Å². The van der Waals surface area contributed by atoms with Gasteiger partial charge >= 0.3 is 6.01 Å². The lowest BCUT2D eigenvalue weighted by atomic mass is 10.3. The number of ether oxygens (including phenoxy) is 1. The predicted molar refractivity (Wildman–Crippen MR) is 58.5 cm³/mol. The maximum Gasteiger partial charge on any atom is 0.321 e. The van der Waals surface area contributed by atoms with Crippen LogP contribution < -0.4 is 4.74 Å². The third-order valence-electron chi connectivity index (χ3n) is 2.13. The molecule has 1 aromatic heterocycles. The molecule has 5 heteroatoms. The summed E-state index contributed by atoms with van der Waals surface area (Å²) in [6.07, 6.45) is 0. The highest BCUT2D eigenvalue weighted by Gasteiger charge is 2.13. The van der Waals surface area contributed by atoms with Crippen LogP contribution in [0, 0.1) is 0 Å². The molecule has 0 aliphatic rings. The molecule has 1 heterocycles. The maximum absolute atomic E-state index is 9.18.